The van der Waals surface area contributed by atoms with Crippen LogP contribution in [0.25, 0.3) is 0 Å². The maximum absolute atomic E-state index is 3.90. The number of benzene rings is 1. The Bertz CT molecular complexity index is 429. The molecule has 1 atom stereocenters. The monoisotopic (exact) mass is 285 g/mol. The van der Waals surface area contributed by atoms with E-state index in [2.05, 4.69) is 36.5 Å². The first kappa shape index (κ1) is 15.1. The molecule has 0 bridgehead atoms. The van der Waals surface area contributed by atoms with Gasteiger partial charge in [-0.2, -0.15) is 0 Å². The van der Waals surface area contributed by atoms with Gasteiger partial charge < -0.3 is 5.32 Å². The summed E-state index contributed by atoms with van der Waals surface area (Å²) in [5.41, 5.74) is 3.28. The van der Waals surface area contributed by atoms with Crippen LogP contribution in [0.5, 0.6) is 0 Å². The van der Waals surface area contributed by atoms with E-state index in [4.69, 9.17) is 0 Å². The average molecular weight is 285 g/mol. The van der Waals surface area contributed by atoms with E-state index in [9.17, 15) is 0 Å². The molecule has 21 heavy (non-hydrogen) atoms. The van der Waals surface area contributed by atoms with E-state index >= 15 is 0 Å². The topological polar surface area (TPSA) is 12.0 Å². The summed E-state index contributed by atoms with van der Waals surface area (Å²) in [5, 5.41) is 3.90. The first-order valence-corrected chi connectivity index (χ1v) is 9.22. The lowest BCUT2D eigenvalue weighted by molar-refractivity contribution is 0.268. The Hall–Kier alpha value is -0.820. The second kappa shape index (κ2) is 7.45. The molecular weight excluding hydrogens is 254 g/mol. The fraction of sp³-hybridized carbons (Fsp3) is 0.700. The molecule has 0 heterocycles. The van der Waals surface area contributed by atoms with E-state index in [0.717, 1.165) is 18.4 Å². The molecule has 0 aromatic heterocycles. The highest BCUT2D eigenvalue weighted by Gasteiger charge is 2.29. The highest BCUT2D eigenvalue weighted by Crippen LogP contribution is 2.42. The van der Waals surface area contributed by atoms with Crippen molar-refractivity contribution in [1.82, 2.24) is 5.32 Å². The van der Waals surface area contributed by atoms with Crippen molar-refractivity contribution >= 4 is 0 Å². The largest absolute Gasteiger partial charge is 0.310 e. The van der Waals surface area contributed by atoms with Gasteiger partial charge in [0, 0.05) is 6.04 Å². The Kier molecular flexibility index (Phi) is 5.35. The summed E-state index contributed by atoms with van der Waals surface area (Å²) in [6.45, 7) is 3.43. The van der Waals surface area contributed by atoms with Crippen molar-refractivity contribution in [3.8, 4) is 0 Å². The van der Waals surface area contributed by atoms with Gasteiger partial charge in [0.25, 0.3) is 0 Å². The third-order valence-corrected chi connectivity index (χ3v) is 5.61. The second-order valence-electron chi connectivity index (χ2n) is 7.09. The molecule has 1 N–H and O–H groups in total. The van der Waals surface area contributed by atoms with Gasteiger partial charge in [0.05, 0.1) is 0 Å². The van der Waals surface area contributed by atoms with Crippen LogP contribution in [0.2, 0.25) is 0 Å². The minimum atomic E-state index is 0.599. The first-order chi connectivity index (χ1) is 10.4. The molecule has 0 aliphatic heterocycles. The summed E-state index contributed by atoms with van der Waals surface area (Å²) >= 11 is 0. The number of nitrogens with one attached hydrogen (secondary N) is 1. The van der Waals surface area contributed by atoms with Crippen molar-refractivity contribution in [2.24, 2.45) is 5.92 Å². The van der Waals surface area contributed by atoms with E-state index in [1.54, 1.807) is 11.1 Å². The molecule has 0 spiro atoms. The molecule has 1 unspecified atom stereocenters. The van der Waals surface area contributed by atoms with Crippen molar-refractivity contribution in [3.63, 3.8) is 0 Å². The van der Waals surface area contributed by atoms with Gasteiger partial charge in [-0.05, 0) is 61.6 Å². The predicted molar refractivity (Wildman–Crippen MR) is 90.6 cm³/mol. The number of hydrogen-bond donors (Lipinski definition) is 1. The van der Waals surface area contributed by atoms with Crippen molar-refractivity contribution in [2.75, 3.05) is 6.54 Å². The van der Waals surface area contributed by atoms with Crippen molar-refractivity contribution in [1.29, 1.82) is 0 Å². The first-order valence-electron chi connectivity index (χ1n) is 9.22. The Morgan fingerprint density at radius 3 is 2.43 bits per heavy atom. The molecule has 3 rings (SSSR count). The summed E-state index contributed by atoms with van der Waals surface area (Å²) in [7, 11) is 0. The Morgan fingerprint density at radius 2 is 1.76 bits per heavy atom. The smallest absolute Gasteiger partial charge is 0.0351 e. The third kappa shape index (κ3) is 3.51. The molecule has 116 valence electrons. The highest BCUT2D eigenvalue weighted by atomic mass is 14.9. The standard InChI is InChI=1S/C20H31N/c1-2-15-21-20(17-9-4-3-5-10-17)19-14-7-6-13-18(19)16-11-8-12-16/h6-7,13-14,16-17,20-21H,2-5,8-12,15H2,1H3. The van der Waals surface area contributed by atoms with Gasteiger partial charge in [-0.25, -0.2) is 0 Å². The van der Waals surface area contributed by atoms with Crippen LogP contribution in [0.3, 0.4) is 0 Å². The van der Waals surface area contributed by atoms with E-state index in [1.807, 2.05) is 0 Å². The van der Waals surface area contributed by atoms with Crippen molar-refractivity contribution in [3.05, 3.63) is 35.4 Å². The van der Waals surface area contributed by atoms with Crippen LogP contribution < -0.4 is 5.32 Å². The van der Waals surface area contributed by atoms with Crippen LogP contribution in [-0.4, -0.2) is 6.54 Å². The van der Waals surface area contributed by atoms with Gasteiger partial charge in [-0.1, -0.05) is 56.9 Å². The van der Waals surface area contributed by atoms with Crippen LogP contribution >= 0.6 is 0 Å². The van der Waals surface area contributed by atoms with Crippen LogP contribution in [0.15, 0.2) is 24.3 Å². The summed E-state index contributed by atoms with van der Waals surface area (Å²) in [6.07, 6.45) is 12.6. The number of hydrogen-bond acceptors (Lipinski definition) is 1. The minimum Gasteiger partial charge on any atom is -0.310 e. The van der Waals surface area contributed by atoms with Gasteiger partial charge in [0.15, 0.2) is 0 Å². The second-order valence-corrected chi connectivity index (χ2v) is 7.09. The maximum atomic E-state index is 3.90. The van der Waals surface area contributed by atoms with Crippen molar-refractivity contribution < 1.29 is 0 Å². The van der Waals surface area contributed by atoms with Crippen LogP contribution in [-0.2, 0) is 0 Å². The zero-order valence-electron chi connectivity index (χ0n) is 13.6. The molecule has 2 saturated carbocycles. The molecule has 2 aliphatic carbocycles. The average Bonchev–Trinajstić information content (AvgIpc) is 2.48. The molecule has 1 heteroatoms. The molecule has 0 saturated heterocycles. The Labute approximate surface area is 130 Å². The van der Waals surface area contributed by atoms with Gasteiger partial charge in [-0.15, -0.1) is 0 Å². The molecular formula is C20H31N. The van der Waals surface area contributed by atoms with Crippen molar-refractivity contribution in [2.45, 2.75) is 76.7 Å². The molecule has 2 aliphatic rings. The predicted octanol–water partition coefficient (Wildman–Crippen LogP) is 5.58. The zero-order chi connectivity index (χ0) is 14.5. The maximum Gasteiger partial charge on any atom is 0.0351 e. The van der Waals surface area contributed by atoms with Gasteiger partial charge >= 0.3 is 0 Å². The van der Waals surface area contributed by atoms with Gasteiger partial charge in [0.2, 0.25) is 0 Å². The zero-order valence-corrected chi connectivity index (χ0v) is 13.6. The summed E-state index contributed by atoms with van der Waals surface area (Å²) < 4.78 is 0. The van der Waals surface area contributed by atoms with Crippen LogP contribution in [0.4, 0.5) is 0 Å². The SMILES string of the molecule is CCCNC(c1ccccc1C1CCC1)C1CCCCC1. The van der Waals surface area contributed by atoms with Crippen LogP contribution in [0, 0.1) is 5.92 Å². The van der Waals surface area contributed by atoms with E-state index in [-0.39, 0.29) is 0 Å². The summed E-state index contributed by atoms with van der Waals surface area (Å²) in [5.74, 6) is 1.70. The fourth-order valence-electron chi connectivity index (χ4n) is 4.18. The highest BCUT2D eigenvalue weighted by molar-refractivity contribution is 5.34. The van der Waals surface area contributed by atoms with E-state index in [1.165, 1.54) is 57.8 Å². The third-order valence-electron chi connectivity index (χ3n) is 5.61. The fourth-order valence-corrected chi connectivity index (χ4v) is 4.18. The molecule has 0 radical (unpaired) electrons. The Balaban J connectivity index is 1.84. The quantitative estimate of drug-likeness (QED) is 0.720. The number of rotatable bonds is 6. The molecule has 1 aromatic rings. The van der Waals surface area contributed by atoms with Gasteiger partial charge in [0.1, 0.15) is 0 Å². The minimum absolute atomic E-state index is 0.599. The van der Waals surface area contributed by atoms with Gasteiger partial charge in [-0.3, -0.25) is 0 Å². The molecule has 1 aromatic carbocycles. The van der Waals surface area contributed by atoms with Crippen LogP contribution in [0.1, 0.15) is 87.8 Å². The van der Waals surface area contributed by atoms with E-state index < -0.39 is 0 Å². The molecule has 1 nitrogen and oxygen atoms in total. The van der Waals surface area contributed by atoms with E-state index in [0.29, 0.717) is 6.04 Å². The lowest BCUT2D eigenvalue weighted by Crippen LogP contribution is -2.31. The molecule has 0 amide bonds. The summed E-state index contributed by atoms with van der Waals surface area (Å²) in [6, 6.07) is 9.91. The Morgan fingerprint density at radius 1 is 1.00 bits per heavy atom. The summed E-state index contributed by atoms with van der Waals surface area (Å²) in [4.78, 5) is 0. The normalized spacial score (nSPS) is 22.0. The molecule has 2 fully saturated rings. The lowest BCUT2D eigenvalue weighted by Gasteiger charge is -2.36. The lowest BCUT2D eigenvalue weighted by atomic mass is 9.74.